The number of aliphatic hydroxyl groups is 1. The summed E-state index contributed by atoms with van der Waals surface area (Å²) >= 11 is 0. The van der Waals surface area contributed by atoms with Gasteiger partial charge in [-0.25, -0.2) is 0 Å². The van der Waals surface area contributed by atoms with Crippen LogP contribution in [-0.4, -0.2) is 16.6 Å². The van der Waals surface area contributed by atoms with Crippen molar-refractivity contribution >= 4 is 5.69 Å². The molecule has 16 heavy (non-hydrogen) atoms. The molecule has 4 nitrogen and oxygen atoms in total. The highest BCUT2D eigenvalue weighted by Crippen LogP contribution is 2.34. The molecule has 0 radical (unpaired) electrons. The van der Waals surface area contributed by atoms with Gasteiger partial charge in [-0.15, -0.1) is 0 Å². The minimum atomic E-state index is -3.46. The van der Waals surface area contributed by atoms with Crippen LogP contribution in [-0.2, 0) is 5.92 Å². The van der Waals surface area contributed by atoms with Crippen LogP contribution in [0.4, 0.5) is 14.5 Å². The Balaban J connectivity index is 3.44. The van der Waals surface area contributed by atoms with Crippen LogP contribution in [0, 0.1) is 24.0 Å². The first-order chi connectivity index (χ1) is 7.29. The zero-order valence-corrected chi connectivity index (χ0v) is 8.83. The van der Waals surface area contributed by atoms with Crippen molar-refractivity contribution in [2.24, 2.45) is 0 Å². The van der Waals surface area contributed by atoms with Crippen molar-refractivity contribution in [3.05, 3.63) is 38.9 Å². The highest BCUT2D eigenvalue weighted by molar-refractivity contribution is 5.46. The molecular weight excluding hydrogens is 220 g/mol. The van der Waals surface area contributed by atoms with E-state index >= 15 is 0 Å². The number of nitro groups is 1. The number of non-ortho nitro benzene ring substituents is 1. The van der Waals surface area contributed by atoms with E-state index in [4.69, 9.17) is 5.11 Å². The van der Waals surface area contributed by atoms with Crippen molar-refractivity contribution in [3.8, 4) is 0 Å². The Kier molecular flexibility index (Phi) is 3.23. The summed E-state index contributed by atoms with van der Waals surface area (Å²) in [6.07, 6.45) is 0. The number of aliphatic hydroxyl groups excluding tert-OH is 1. The van der Waals surface area contributed by atoms with Gasteiger partial charge in [-0.1, -0.05) is 0 Å². The zero-order chi connectivity index (χ0) is 12.5. The minimum Gasteiger partial charge on any atom is -0.390 e. The molecule has 0 aliphatic rings. The molecular formula is C10H11F2NO3. The summed E-state index contributed by atoms with van der Waals surface area (Å²) in [4.78, 5) is 9.80. The topological polar surface area (TPSA) is 63.4 Å². The van der Waals surface area contributed by atoms with Gasteiger partial charge in [-0.3, -0.25) is 10.1 Å². The maximum atomic E-state index is 13.3. The number of hydrogen-bond donors (Lipinski definition) is 1. The lowest BCUT2D eigenvalue weighted by atomic mass is 9.98. The van der Waals surface area contributed by atoms with Gasteiger partial charge in [0.25, 0.3) is 11.6 Å². The van der Waals surface area contributed by atoms with Crippen LogP contribution in [0.3, 0.4) is 0 Å². The van der Waals surface area contributed by atoms with Gasteiger partial charge >= 0.3 is 0 Å². The third kappa shape index (κ3) is 2.16. The van der Waals surface area contributed by atoms with Crippen molar-refractivity contribution in [3.63, 3.8) is 0 Å². The second kappa shape index (κ2) is 4.13. The Bertz CT molecular complexity index is 432. The van der Waals surface area contributed by atoms with Crippen LogP contribution in [0.1, 0.15) is 16.7 Å². The van der Waals surface area contributed by atoms with E-state index in [0.717, 1.165) is 6.07 Å². The van der Waals surface area contributed by atoms with Gasteiger partial charge in [0, 0.05) is 17.7 Å². The van der Waals surface area contributed by atoms with Crippen molar-refractivity contribution < 1.29 is 18.8 Å². The van der Waals surface area contributed by atoms with Crippen LogP contribution >= 0.6 is 0 Å². The summed E-state index contributed by atoms with van der Waals surface area (Å²) in [6.45, 7) is 1.59. The Hall–Kier alpha value is -1.56. The van der Waals surface area contributed by atoms with Gasteiger partial charge in [0.1, 0.15) is 6.61 Å². The normalized spacial score (nSPS) is 11.6. The highest BCUT2D eigenvalue weighted by Gasteiger charge is 2.34. The van der Waals surface area contributed by atoms with Gasteiger partial charge < -0.3 is 5.11 Å². The van der Waals surface area contributed by atoms with Gasteiger partial charge in [0.2, 0.25) is 0 Å². The highest BCUT2D eigenvalue weighted by atomic mass is 19.3. The standard InChI is InChI=1S/C10H11F2NO3/c1-6-3-8(13(15)16)4-9(7(6)2)10(11,12)5-14/h3-4,14H,5H2,1-2H3. The first kappa shape index (κ1) is 12.5. The largest absolute Gasteiger partial charge is 0.390 e. The van der Waals surface area contributed by atoms with Crippen LogP contribution in [0.5, 0.6) is 0 Å². The van der Waals surface area contributed by atoms with Gasteiger partial charge in [0.15, 0.2) is 0 Å². The molecule has 0 fully saturated rings. The summed E-state index contributed by atoms with van der Waals surface area (Å²) in [5.74, 6) is -3.46. The lowest BCUT2D eigenvalue weighted by Crippen LogP contribution is -2.20. The molecule has 0 aliphatic heterocycles. The predicted molar refractivity (Wildman–Crippen MR) is 53.6 cm³/mol. The first-order valence-corrected chi connectivity index (χ1v) is 4.54. The molecule has 0 heterocycles. The molecule has 0 aromatic heterocycles. The first-order valence-electron chi connectivity index (χ1n) is 4.54. The second-order valence-corrected chi connectivity index (χ2v) is 3.55. The Morgan fingerprint density at radius 3 is 2.44 bits per heavy atom. The van der Waals surface area contributed by atoms with Crippen molar-refractivity contribution in [1.29, 1.82) is 0 Å². The fourth-order valence-corrected chi connectivity index (χ4v) is 1.41. The molecule has 0 atom stereocenters. The average Bonchev–Trinajstić information content (AvgIpc) is 2.21. The summed E-state index contributed by atoms with van der Waals surface area (Å²) in [6, 6.07) is 2.03. The monoisotopic (exact) mass is 231 g/mol. The van der Waals surface area contributed by atoms with E-state index < -0.39 is 28.7 Å². The Morgan fingerprint density at radius 1 is 1.44 bits per heavy atom. The van der Waals surface area contributed by atoms with E-state index in [2.05, 4.69) is 0 Å². The van der Waals surface area contributed by atoms with E-state index in [1.165, 1.54) is 19.9 Å². The molecule has 1 aromatic rings. The summed E-state index contributed by atoms with van der Waals surface area (Å²) < 4.78 is 26.6. The molecule has 6 heteroatoms. The molecule has 1 rings (SSSR count). The Labute approximate surface area is 90.7 Å². The maximum absolute atomic E-state index is 13.3. The number of rotatable bonds is 3. The molecule has 0 bridgehead atoms. The van der Waals surface area contributed by atoms with E-state index in [9.17, 15) is 18.9 Å². The number of nitrogens with zero attached hydrogens (tertiary/aromatic N) is 1. The molecule has 0 saturated carbocycles. The van der Waals surface area contributed by atoms with Crippen molar-refractivity contribution in [1.82, 2.24) is 0 Å². The summed E-state index contributed by atoms with van der Waals surface area (Å²) in [5, 5.41) is 19.1. The molecule has 0 amide bonds. The van der Waals surface area contributed by atoms with E-state index in [0.29, 0.717) is 5.56 Å². The molecule has 0 saturated heterocycles. The fourth-order valence-electron chi connectivity index (χ4n) is 1.41. The SMILES string of the molecule is Cc1cc([N+](=O)[O-])cc(C(F)(F)CO)c1C. The molecule has 88 valence electrons. The fraction of sp³-hybridized carbons (Fsp3) is 0.400. The van der Waals surface area contributed by atoms with E-state index in [1.54, 1.807) is 0 Å². The lowest BCUT2D eigenvalue weighted by Gasteiger charge is -2.17. The van der Waals surface area contributed by atoms with Crippen molar-refractivity contribution in [2.75, 3.05) is 6.61 Å². The number of aryl methyl sites for hydroxylation is 1. The van der Waals surface area contributed by atoms with Crippen LogP contribution in [0.25, 0.3) is 0 Å². The summed E-state index contributed by atoms with van der Waals surface area (Å²) in [5.41, 5.74) is -0.241. The molecule has 1 N–H and O–H groups in total. The van der Waals surface area contributed by atoms with Gasteiger partial charge in [0.05, 0.1) is 4.92 Å². The lowest BCUT2D eigenvalue weighted by molar-refractivity contribution is -0.385. The third-order valence-electron chi connectivity index (χ3n) is 2.46. The van der Waals surface area contributed by atoms with Crippen LogP contribution in [0.2, 0.25) is 0 Å². The predicted octanol–water partition coefficient (Wildman–Crippen LogP) is 2.30. The van der Waals surface area contributed by atoms with E-state index in [1.807, 2.05) is 0 Å². The van der Waals surface area contributed by atoms with E-state index in [-0.39, 0.29) is 5.56 Å². The minimum absolute atomic E-state index is 0.254. The summed E-state index contributed by atoms with van der Waals surface area (Å²) in [7, 11) is 0. The zero-order valence-electron chi connectivity index (χ0n) is 8.83. The molecule has 0 aliphatic carbocycles. The van der Waals surface area contributed by atoms with Crippen LogP contribution in [0.15, 0.2) is 12.1 Å². The number of halogens is 2. The van der Waals surface area contributed by atoms with Crippen LogP contribution < -0.4 is 0 Å². The number of hydrogen-bond acceptors (Lipinski definition) is 3. The Morgan fingerprint density at radius 2 is 2.00 bits per heavy atom. The second-order valence-electron chi connectivity index (χ2n) is 3.55. The third-order valence-corrected chi connectivity index (χ3v) is 2.46. The van der Waals surface area contributed by atoms with Crippen molar-refractivity contribution in [2.45, 2.75) is 19.8 Å². The maximum Gasteiger partial charge on any atom is 0.296 e. The molecule has 0 spiro atoms. The number of benzene rings is 1. The average molecular weight is 231 g/mol. The quantitative estimate of drug-likeness (QED) is 0.641. The molecule has 0 unspecified atom stereocenters. The number of alkyl halides is 2. The smallest absolute Gasteiger partial charge is 0.296 e. The molecule has 1 aromatic carbocycles. The van der Waals surface area contributed by atoms with Gasteiger partial charge in [-0.05, 0) is 25.0 Å². The van der Waals surface area contributed by atoms with Gasteiger partial charge in [-0.2, -0.15) is 8.78 Å². The number of nitro benzene ring substituents is 1.